The van der Waals surface area contributed by atoms with E-state index < -0.39 is 35.1 Å². The molecule has 16 heavy (non-hydrogen) atoms. The van der Waals surface area contributed by atoms with Gasteiger partial charge in [0, 0.05) is 5.69 Å². The Kier molecular flexibility index (Phi) is 2.86. The van der Waals surface area contributed by atoms with Gasteiger partial charge in [-0.05, 0) is 13.0 Å². The average molecular weight is 247 g/mol. The SMILES string of the molecule is Cc1cc(C(F)(F)F)c(F)c(C(F)(F)F)n1. The molecule has 0 aliphatic rings. The maximum Gasteiger partial charge on any atom is 0.436 e. The first-order valence-corrected chi connectivity index (χ1v) is 3.85. The Morgan fingerprint density at radius 2 is 1.50 bits per heavy atom. The molecule has 0 aliphatic heterocycles. The number of aryl methyl sites for hydroxylation is 1. The molecule has 1 heterocycles. The van der Waals surface area contributed by atoms with Crippen LogP contribution in [0.2, 0.25) is 0 Å². The van der Waals surface area contributed by atoms with Gasteiger partial charge in [-0.2, -0.15) is 26.3 Å². The van der Waals surface area contributed by atoms with Crippen molar-refractivity contribution >= 4 is 0 Å². The number of halogens is 7. The van der Waals surface area contributed by atoms with Crippen LogP contribution in [0, 0.1) is 12.7 Å². The highest BCUT2D eigenvalue weighted by Crippen LogP contribution is 2.37. The highest BCUT2D eigenvalue weighted by atomic mass is 19.4. The van der Waals surface area contributed by atoms with Gasteiger partial charge in [-0.15, -0.1) is 0 Å². The molecule has 0 radical (unpaired) electrons. The summed E-state index contributed by atoms with van der Waals surface area (Å²) in [7, 11) is 0. The lowest BCUT2D eigenvalue weighted by Crippen LogP contribution is -2.18. The van der Waals surface area contributed by atoms with E-state index in [2.05, 4.69) is 4.98 Å². The minimum atomic E-state index is -5.25. The summed E-state index contributed by atoms with van der Waals surface area (Å²) < 4.78 is 85.8. The Hall–Kier alpha value is -1.34. The maximum atomic E-state index is 12.9. The summed E-state index contributed by atoms with van der Waals surface area (Å²) in [5, 5.41) is 0. The van der Waals surface area contributed by atoms with Gasteiger partial charge in [0.25, 0.3) is 0 Å². The van der Waals surface area contributed by atoms with E-state index in [0.29, 0.717) is 0 Å². The van der Waals surface area contributed by atoms with Crippen LogP contribution in [-0.4, -0.2) is 4.98 Å². The second-order valence-electron chi connectivity index (χ2n) is 2.97. The summed E-state index contributed by atoms with van der Waals surface area (Å²) >= 11 is 0. The van der Waals surface area contributed by atoms with Crippen molar-refractivity contribution in [2.75, 3.05) is 0 Å². The lowest BCUT2D eigenvalue weighted by molar-refractivity contribution is -0.150. The number of rotatable bonds is 0. The lowest BCUT2D eigenvalue weighted by Gasteiger charge is -2.13. The molecule has 0 fully saturated rings. The first kappa shape index (κ1) is 12.7. The Morgan fingerprint density at radius 1 is 1.00 bits per heavy atom. The van der Waals surface area contributed by atoms with Crippen LogP contribution in [0.15, 0.2) is 6.07 Å². The van der Waals surface area contributed by atoms with Crippen LogP contribution >= 0.6 is 0 Å². The standard InChI is InChI=1S/C8H4F7N/c1-3-2-4(7(10,11)12)5(9)6(16-3)8(13,14)15/h2H,1H3. The summed E-state index contributed by atoms with van der Waals surface area (Å²) in [6.07, 6.45) is -10.4. The quantitative estimate of drug-likeness (QED) is 0.638. The molecule has 0 saturated heterocycles. The van der Waals surface area contributed by atoms with E-state index in [1.807, 2.05) is 0 Å². The molecule has 1 aromatic heterocycles. The number of alkyl halides is 6. The van der Waals surface area contributed by atoms with Crippen molar-refractivity contribution in [2.45, 2.75) is 19.3 Å². The van der Waals surface area contributed by atoms with Gasteiger partial charge in [0.05, 0.1) is 5.56 Å². The Balaban J connectivity index is 3.51. The van der Waals surface area contributed by atoms with Crippen LogP contribution in [0.25, 0.3) is 0 Å². The Morgan fingerprint density at radius 3 is 1.88 bits per heavy atom. The summed E-state index contributed by atoms with van der Waals surface area (Å²) in [5.41, 5.74) is -4.67. The van der Waals surface area contributed by atoms with E-state index in [-0.39, 0.29) is 6.07 Å². The molecular formula is C8H4F7N. The summed E-state index contributed by atoms with van der Waals surface area (Å²) in [6, 6.07) is 0.227. The zero-order valence-electron chi connectivity index (χ0n) is 7.67. The van der Waals surface area contributed by atoms with Crippen molar-refractivity contribution in [3.8, 4) is 0 Å². The molecule has 0 N–H and O–H groups in total. The molecule has 0 atom stereocenters. The molecule has 0 aliphatic carbocycles. The third kappa shape index (κ3) is 2.42. The van der Waals surface area contributed by atoms with E-state index in [0.717, 1.165) is 6.92 Å². The average Bonchev–Trinajstić information content (AvgIpc) is 2.04. The second-order valence-corrected chi connectivity index (χ2v) is 2.97. The molecule has 0 saturated carbocycles. The monoisotopic (exact) mass is 247 g/mol. The molecule has 8 heteroatoms. The van der Waals surface area contributed by atoms with Crippen molar-refractivity contribution in [3.63, 3.8) is 0 Å². The number of hydrogen-bond donors (Lipinski definition) is 0. The Labute approximate surface area is 84.9 Å². The normalized spacial score (nSPS) is 13.0. The van der Waals surface area contributed by atoms with Crippen molar-refractivity contribution in [1.29, 1.82) is 0 Å². The highest BCUT2D eigenvalue weighted by molar-refractivity contribution is 5.27. The van der Waals surface area contributed by atoms with Crippen LogP contribution in [-0.2, 0) is 12.4 Å². The van der Waals surface area contributed by atoms with Gasteiger partial charge in [0.2, 0.25) is 0 Å². The van der Waals surface area contributed by atoms with Crippen molar-refractivity contribution in [2.24, 2.45) is 0 Å². The fraction of sp³-hybridized carbons (Fsp3) is 0.375. The van der Waals surface area contributed by atoms with Gasteiger partial charge in [-0.3, -0.25) is 0 Å². The fourth-order valence-electron chi connectivity index (χ4n) is 1.05. The molecule has 1 nitrogen and oxygen atoms in total. The predicted octanol–water partition coefficient (Wildman–Crippen LogP) is 3.57. The smallest absolute Gasteiger partial charge is 0.246 e. The number of hydrogen-bond acceptors (Lipinski definition) is 1. The van der Waals surface area contributed by atoms with Crippen molar-refractivity contribution in [3.05, 3.63) is 28.8 Å². The van der Waals surface area contributed by atoms with Crippen LogP contribution in [0.4, 0.5) is 30.7 Å². The van der Waals surface area contributed by atoms with Gasteiger partial charge in [-0.1, -0.05) is 0 Å². The van der Waals surface area contributed by atoms with E-state index in [1.165, 1.54) is 0 Å². The molecule has 1 rings (SSSR count). The van der Waals surface area contributed by atoms with E-state index in [9.17, 15) is 30.7 Å². The minimum Gasteiger partial charge on any atom is -0.246 e. The van der Waals surface area contributed by atoms with Gasteiger partial charge in [0.1, 0.15) is 0 Å². The predicted molar refractivity (Wildman–Crippen MR) is 38.9 cm³/mol. The minimum absolute atomic E-state index is 0.227. The molecule has 0 spiro atoms. The van der Waals surface area contributed by atoms with Gasteiger partial charge in [0.15, 0.2) is 11.5 Å². The first-order valence-electron chi connectivity index (χ1n) is 3.85. The van der Waals surface area contributed by atoms with E-state index in [1.54, 1.807) is 0 Å². The molecule has 0 aromatic carbocycles. The van der Waals surface area contributed by atoms with Crippen LogP contribution in [0.5, 0.6) is 0 Å². The first-order chi connectivity index (χ1) is 7.03. The fourth-order valence-corrected chi connectivity index (χ4v) is 1.05. The van der Waals surface area contributed by atoms with Crippen molar-refractivity contribution in [1.82, 2.24) is 4.98 Å². The third-order valence-corrected chi connectivity index (χ3v) is 1.66. The molecule has 0 unspecified atom stereocenters. The zero-order valence-corrected chi connectivity index (χ0v) is 7.67. The molecule has 90 valence electrons. The molecule has 1 aromatic rings. The summed E-state index contributed by atoms with van der Waals surface area (Å²) in [4.78, 5) is 2.72. The van der Waals surface area contributed by atoms with E-state index >= 15 is 0 Å². The number of nitrogens with zero attached hydrogens (tertiary/aromatic N) is 1. The largest absolute Gasteiger partial charge is 0.436 e. The third-order valence-electron chi connectivity index (χ3n) is 1.66. The maximum absolute atomic E-state index is 12.9. The molecule has 0 bridgehead atoms. The Bertz CT molecular complexity index is 369. The van der Waals surface area contributed by atoms with Crippen LogP contribution in [0.1, 0.15) is 17.0 Å². The summed E-state index contributed by atoms with van der Waals surface area (Å²) in [6.45, 7) is 0.921. The van der Waals surface area contributed by atoms with Gasteiger partial charge in [-0.25, -0.2) is 9.37 Å². The van der Waals surface area contributed by atoms with Gasteiger partial charge < -0.3 is 0 Å². The number of aromatic nitrogens is 1. The van der Waals surface area contributed by atoms with Crippen LogP contribution < -0.4 is 0 Å². The lowest BCUT2D eigenvalue weighted by atomic mass is 10.1. The molecular weight excluding hydrogens is 243 g/mol. The zero-order chi connectivity index (χ0) is 12.7. The highest BCUT2D eigenvalue weighted by Gasteiger charge is 2.43. The summed E-state index contributed by atoms with van der Waals surface area (Å²) in [5.74, 6) is -2.40. The van der Waals surface area contributed by atoms with Crippen LogP contribution in [0.3, 0.4) is 0 Å². The number of pyridine rings is 1. The second kappa shape index (κ2) is 3.60. The molecule has 0 amide bonds. The van der Waals surface area contributed by atoms with Gasteiger partial charge >= 0.3 is 12.4 Å². The van der Waals surface area contributed by atoms with E-state index in [4.69, 9.17) is 0 Å². The topological polar surface area (TPSA) is 12.9 Å². The van der Waals surface area contributed by atoms with Crippen molar-refractivity contribution < 1.29 is 30.7 Å².